The fourth-order valence-corrected chi connectivity index (χ4v) is 1.48. The van der Waals surface area contributed by atoms with Gasteiger partial charge < -0.3 is 10.6 Å². The Hall–Kier alpha value is -2.10. The van der Waals surface area contributed by atoms with Crippen LogP contribution in [0.25, 0.3) is 0 Å². The van der Waals surface area contributed by atoms with Crippen LogP contribution in [0.3, 0.4) is 0 Å². The summed E-state index contributed by atoms with van der Waals surface area (Å²) in [5.74, 6) is 1.23. The fourth-order valence-electron chi connectivity index (χ4n) is 1.48. The van der Waals surface area contributed by atoms with Crippen LogP contribution in [0, 0.1) is 0 Å². The molecule has 0 spiro atoms. The smallest absolute Gasteiger partial charge is 0.149 e. The molecule has 0 saturated heterocycles. The number of hydrogen-bond donors (Lipinski definition) is 1. The monoisotopic (exact) mass is 214 g/mol. The summed E-state index contributed by atoms with van der Waals surface area (Å²) in [5, 5.41) is 0. The van der Waals surface area contributed by atoms with Gasteiger partial charge >= 0.3 is 0 Å². The summed E-state index contributed by atoms with van der Waals surface area (Å²) < 4.78 is 0. The zero-order valence-corrected chi connectivity index (χ0v) is 9.17. The minimum absolute atomic E-state index is 0.506. The third-order valence-corrected chi connectivity index (χ3v) is 2.30. The highest BCUT2D eigenvalue weighted by atomic mass is 15.1. The van der Waals surface area contributed by atoms with Crippen molar-refractivity contribution in [2.24, 2.45) is 0 Å². The van der Waals surface area contributed by atoms with Crippen LogP contribution in [0.4, 0.5) is 11.5 Å². The number of benzene rings is 1. The van der Waals surface area contributed by atoms with Gasteiger partial charge in [-0.05, 0) is 18.2 Å². The molecule has 2 rings (SSSR count). The van der Waals surface area contributed by atoms with Gasteiger partial charge in [-0.2, -0.15) is 0 Å². The number of nitrogens with zero attached hydrogens (tertiary/aromatic N) is 3. The molecule has 16 heavy (non-hydrogen) atoms. The molecule has 2 N–H and O–H groups in total. The van der Waals surface area contributed by atoms with E-state index in [4.69, 9.17) is 5.73 Å². The molecule has 0 amide bonds. The van der Waals surface area contributed by atoms with E-state index >= 15 is 0 Å². The first kappa shape index (κ1) is 10.4. The van der Waals surface area contributed by atoms with E-state index < -0.39 is 0 Å². The highest BCUT2D eigenvalue weighted by Gasteiger charge is 2.03. The highest BCUT2D eigenvalue weighted by molar-refractivity contribution is 5.45. The average molecular weight is 214 g/mol. The summed E-state index contributed by atoms with van der Waals surface area (Å²) >= 11 is 0. The highest BCUT2D eigenvalue weighted by Crippen LogP contribution is 2.12. The maximum Gasteiger partial charge on any atom is 0.149 e. The van der Waals surface area contributed by atoms with Crippen LogP contribution in [0.15, 0.2) is 42.6 Å². The first-order valence-corrected chi connectivity index (χ1v) is 5.09. The van der Waals surface area contributed by atoms with Gasteiger partial charge in [0.05, 0.1) is 6.54 Å². The Bertz CT molecular complexity index is 456. The predicted molar refractivity (Wildman–Crippen MR) is 65.0 cm³/mol. The van der Waals surface area contributed by atoms with Crippen molar-refractivity contribution >= 4 is 11.5 Å². The van der Waals surface area contributed by atoms with Crippen LogP contribution < -0.4 is 10.6 Å². The average Bonchev–Trinajstić information content (AvgIpc) is 2.30. The van der Waals surface area contributed by atoms with Crippen molar-refractivity contribution in [3.63, 3.8) is 0 Å². The zero-order chi connectivity index (χ0) is 11.4. The molecular weight excluding hydrogens is 200 g/mol. The number of aromatic nitrogens is 2. The fraction of sp³-hybridized carbons (Fsp3) is 0.167. The van der Waals surface area contributed by atoms with Gasteiger partial charge in [0.1, 0.15) is 11.6 Å². The van der Waals surface area contributed by atoms with Crippen LogP contribution in [0.2, 0.25) is 0 Å². The first-order chi connectivity index (χ1) is 7.75. The Labute approximate surface area is 94.8 Å². The van der Waals surface area contributed by atoms with Crippen LogP contribution in [-0.4, -0.2) is 17.0 Å². The van der Waals surface area contributed by atoms with Crippen molar-refractivity contribution in [3.8, 4) is 0 Å². The summed E-state index contributed by atoms with van der Waals surface area (Å²) in [4.78, 5) is 10.4. The molecule has 4 nitrogen and oxygen atoms in total. The standard InChI is InChI=1S/C12H14N4/c1-16(10-5-3-2-4-6-10)9-12-14-8-7-11(13)15-12/h2-8H,9H2,1H3,(H2,13,14,15). The van der Waals surface area contributed by atoms with Crippen LogP contribution in [0.1, 0.15) is 5.82 Å². The Morgan fingerprint density at radius 3 is 2.62 bits per heavy atom. The number of nitrogens with two attached hydrogens (primary N) is 1. The summed E-state index contributed by atoms with van der Waals surface area (Å²) in [6.45, 7) is 0.648. The lowest BCUT2D eigenvalue weighted by Gasteiger charge is -2.17. The van der Waals surface area contributed by atoms with Crippen LogP contribution in [0.5, 0.6) is 0 Å². The second kappa shape index (κ2) is 4.61. The molecule has 2 aromatic rings. The summed E-state index contributed by atoms with van der Waals surface area (Å²) in [6.07, 6.45) is 1.68. The molecule has 0 aliphatic carbocycles. The van der Waals surface area contributed by atoms with E-state index in [2.05, 4.69) is 14.9 Å². The summed E-state index contributed by atoms with van der Waals surface area (Å²) in [7, 11) is 2.00. The van der Waals surface area contributed by atoms with Gasteiger partial charge in [0, 0.05) is 18.9 Å². The third kappa shape index (κ3) is 2.48. The molecule has 1 aromatic carbocycles. The van der Waals surface area contributed by atoms with Crippen molar-refractivity contribution in [2.45, 2.75) is 6.54 Å². The van der Waals surface area contributed by atoms with Gasteiger partial charge in [0.25, 0.3) is 0 Å². The zero-order valence-electron chi connectivity index (χ0n) is 9.17. The second-order valence-corrected chi connectivity index (χ2v) is 3.59. The molecule has 0 saturated carbocycles. The quantitative estimate of drug-likeness (QED) is 0.844. The molecule has 0 fully saturated rings. The van der Waals surface area contributed by atoms with E-state index in [1.165, 1.54) is 0 Å². The number of anilines is 2. The van der Waals surface area contributed by atoms with Crippen LogP contribution in [-0.2, 0) is 6.54 Å². The lowest BCUT2D eigenvalue weighted by molar-refractivity contribution is 0.840. The van der Waals surface area contributed by atoms with E-state index in [0.29, 0.717) is 12.4 Å². The third-order valence-electron chi connectivity index (χ3n) is 2.30. The molecule has 82 valence electrons. The van der Waals surface area contributed by atoms with Gasteiger partial charge in [-0.25, -0.2) is 9.97 Å². The normalized spacial score (nSPS) is 10.1. The Kier molecular flexibility index (Phi) is 3.00. The first-order valence-electron chi connectivity index (χ1n) is 5.09. The van der Waals surface area contributed by atoms with E-state index in [9.17, 15) is 0 Å². The van der Waals surface area contributed by atoms with E-state index in [-0.39, 0.29) is 0 Å². The number of hydrogen-bond acceptors (Lipinski definition) is 4. The second-order valence-electron chi connectivity index (χ2n) is 3.59. The maximum absolute atomic E-state index is 5.60. The topological polar surface area (TPSA) is 55.0 Å². The molecule has 0 aliphatic rings. The molecule has 0 aliphatic heterocycles. The van der Waals surface area contributed by atoms with Gasteiger partial charge in [-0.15, -0.1) is 0 Å². The van der Waals surface area contributed by atoms with Crippen molar-refractivity contribution < 1.29 is 0 Å². The molecule has 1 heterocycles. The van der Waals surface area contributed by atoms with Gasteiger partial charge in [-0.1, -0.05) is 18.2 Å². The van der Waals surface area contributed by atoms with Gasteiger partial charge in [-0.3, -0.25) is 0 Å². The lowest BCUT2D eigenvalue weighted by atomic mass is 10.3. The molecule has 0 bridgehead atoms. The number of para-hydroxylation sites is 1. The molecule has 0 unspecified atom stereocenters. The molecular formula is C12H14N4. The minimum atomic E-state index is 0.506. The van der Waals surface area contributed by atoms with Crippen molar-refractivity contribution in [2.75, 3.05) is 17.7 Å². The van der Waals surface area contributed by atoms with Gasteiger partial charge in [0.15, 0.2) is 0 Å². The van der Waals surface area contributed by atoms with Crippen molar-refractivity contribution in [3.05, 3.63) is 48.4 Å². The number of rotatable bonds is 3. The van der Waals surface area contributed by atoms with Crippen LogP contribution >= 0.6 is 0 Å². The van der Waals surface area contributed by atoms with Crippen molar-refractivity contribution in [1.29, 1.82) is 0 Å². The van der Waals surface area contributed by atoms with Crippen molar-refractivity contribution in [1.82, 2.24) is 9.97 Å². The van der Waals surface area contributed by atoms with E-state index in [1.54, 1.807) is 12.3 Å². The lowest BCUT2D eigenvalue weighted by Crippen LogP contribution is -2.18. The largest absolute Gasteiger partial charge is 0.384 e. The SMILES string of the molecule is CN(Cc1nccc(N)n1)c1ccccc1. The molecule has 4 heteroatoms. The summed E-state index contributed by atoms with van der Waals surface area (Å²) in [6, 6.07) is 11.8. The Morgan fingerprint density at radius 1 is 1.19 bits per heavy atom. The Balaban J connectivity index is 2.11. The van der Waals surface area contributed by atoms with E-state index in [0.717, 1.165) is 11.5 Å². The minimum Gasteiger partial charge on any atom is -0.384 e. The van der Waals surface area contributed by atoms with E-state index in [1.807, 2.05) is 37.4 Å². The predicted octanol–water partition coefficient (Wildman–Crippen LogP) is 1.70. The maximum atomic E-state index is 5.60. The molecule has 0 atom stereocenters. The summed E-state index contributed by atoms with van der Waals surface area (Å²) in [5.41, 5.74) is 6.74. The molecule has 0 radical (unpaired) electrons. The number of nitrogen functional groups attached to an aromatic ring is 1. The molecule has 1 aromatic heterocycles. The van der Waals surface area contributed by atoms with Gasteiger partial charge in [0.2, 0.25) is 0 Å². The Morgan fingerprint density at radius 2 is 1.94 bits per heavy atom.